The highest BCUT2D eigenvalue weighted by Gasteiger charge is 2.30. The Balaban J connectivity index is 1.94. The molecule has 2 aliphatic rings. The second kappa shape index (κ2) is 4.36. The Bertz CT molecular complexity index is 388. The Kier molecular flexibility index (Phi) is 2.88. The molecule has 0 spiro atoms. The molecule has 0 unspecified atom stereocenters. The first kappa shape index (κ1) is 10.6. The molecule has 1 N–H and O–H groups in total. The molecule has 2 heterocycles. The first-order valence-corrected chi connectivity index (χ1v) is 6.36. The Hall–Kier alpha value is -0.570. The minimum atomic E-state index is 0.199. The van der Waals surface area contributed by atoms with Crippen LogP contribution in [-0.2, 0) is 11.2 Å². The van der Waals surface area contributed by atoms with Crippen molar-refractivity contribution in [3.05, 3.63) is 34.3 Å². The summed E-state index contributed by atoms with van der Waals surface area (Å²) in [4.78, 5) is 0. The molecule has 1 aromatic rings. The van der Waals surface area contributed by atoms with Crippen molar-refractivity contribution in [3.63, 3.8) is 0 Å². The molecule has 1 saturated heterocycles. The minimum Gasteiger partial charge on any atom is -0.372 e. The number of nitrogens with one attached hydrogen (secondary N) is 1. The van der Waals surface area contributed by atoms with Crippen LogP contribution in [0.5, 0.6) is 0 Å². The van der Waals surface area contributed by atoms with Crippen LogP contribution in [0.25, 0.3) is 0 Å². The maximum Gasteiger partial charge on any atom is 0.0981 e. The summed E-state index contributed by atoms with van der Waals surface area (Å²) in [6.45, 7) is 1.94. The van der Waals surface area contributed by atoms with E-state index < -0.39 is 0 Å². The van der Waals surface area contributed by atoms with Crippen LogP contribution in [0.3, 0.4) is 0 Å². The summed E-state index contributed by atoms with van der Waals surface area (Å²) < 4.78 is 5.92. The van der Waals surface area contributed by atoms with Gasteiger partial charge in [0.2, 0.25) is 0 Å². The molecule has 2 aliphatic heterocycles. The van der Waals surface area contributed by atoms with E-state index in [-0.39, 0.29) is 6.10 Å². The molecule has 2 atom stereocenters. The maximum absolute atomic E-state index is 6.07. The van der Waals surface area contributed by atoms with E-state index in [1.54, 1.807) is 0 Å². The van der Waals surface area contributed by atoms with E-state index in [1.807, 2.05) is 6.07 Å². The molecular formula is C13H16ClNO. The van der Waals surface area contributed by atoms with Crippen molar-refractivity contribution in [1.29, 1.82) is 0 Å². The molecule has 0 aliphatic carbocycles. The Labute approximate surface area is 101 Å². The number of rotatable bonds is 1. The Morgan fingerprint density at radius 1 is 1.38 bits per heavy atom. The summed E-state index contributed by atoms with van der Waals surface area (Å²) in [6.07, 6.45) is 3.66. The van der Waals surface area contributed by atoms with Crippen LogP contribution in [0, 0.1) is 0 Å². The van der Waals surface area contributed by atoms with E-state index in [1.165, 1.54) is 24.0 Å². The van der Waals surface area contributed by atoms with E-state index in [9.17, 15) is 0 Å². The molecule has 0 aromatic heterocycles. The molecule has 1 fully saturated rings. The SMILES string of the molecule is Clc1ccc2c(c1)[C@@H]([C@H]1CCCN1)OCC2. The topological polar surface area (TPSA) is 21.3 Å². The van der Waals surface area contributed by atoms with Gasteiger partial charge in [-0.1, -0.05) is 17.7 Å². The van der Waals surface area contributed by atoms with Crippen LogP contribution >= 0.6 is 11.6 Å². The van der Waals surface area contributed by atoms with Gasteiger partial charge in [-0.05, 0) is 49.1 Å². The van der Waals surface area contributed by atoms with Gasteiger partial charge in [-0.25, -0.2) is 0 Å². The van der Waals surface area contributed by atoms with E-state index >= 15 is 0 Å². The van der Waals surface area contributed by atoms with Crippen molar-refractivity contribution < 1.29 is 4.74 Å². The van der Waals surface area contributed by atoms with Crippen LogP contribution in [0.2, 0.25) is 5.02 Å². The van der Waals surface area contributed by atoms with Crippen LogP contribution in [0.4, 0.5) is 0 Å². The summed E-state index contributed by atoms with van der Waals surface area (Å²) >= 11 is 6.07. The third-order valence-corrected chi connectivity index (χ3v) is 3.78. The Morgan fingerprint density at radius 2 is 2.31 bits per heavy atom. The highest BCUT2D eigenvalue weighted by Crippen LogP contribution is 2.34. The fourth-order valence-electron chi connectivity index (χ4n) is 2.75. The first-order chi connectivity index (χ1) is 7.84. The van der Waals surface area contributed by atoms with Crippen molar-refractivity contribution in [2.75, 3.05) is 13.2 Å². The van der Waals surface area contributed by atoms with Gasteiger partial charge in [0, 0.05) is 11.1 Å². The number of hydrogen-bond acceptors (Lipinski definition) is 2. The van der Waals surface area contributed by atoms with Gasteiger partial charge in [0.1, 0.15) is 0 Å². The molecular weight excluding hydrogens is 222 g/mol. The average molecular weight is 238 g/mol. The monoisotopic (exact) mass is 237 g/mol. The van der Waals surface area contributed by atoms with Crippen molar-refractivity contribution in [2.24, 2.45) is 0 Å². The third kappa shape index (κ3) is 1.86. The number of ether oxygens (including phenoxy) is 1. The second-order valence-corrected chi connectivity index (χ2v) is 5.02. The highest BCUT2D eigenvalue weighted by atomic mass is 35.5. The van der Waals surface area contributed by atoms with Crippen molar-refractivity contribution in [1.82, 2.24) is 5.32 Å². The van der Waals surface area contributed by atoms with E-state index in [4.69, 9.17) is 16.3 Å². The molecule has 3 heteroatoms. The highest BCUT2D eigenvalue weighted by molar-refractivity contribution is 6.30. The first-order valence-electron chi connectivity index (χ1n) is 5.98. The van der Waals surface area contributed by atoms with Crippen LogP contribution in [-0.4, -0.2) is 19.2 Å². The number of halogens is 1. The smallest absolute Gasteiger partial charge is 0.0981 e. The number of hydrogen-bond donors (Lipinski definition) is 1. The van der Waals surface area contributed by atoms with Crippen molar-refractivity contribution in [2.45, 2.75) is 31.4 Å². The van der Waals surface area contributed by atoms with E-state index in [0.29, 0.717) is 6.04 Å². The van der Waals surface area contributed by atoms with Crippen molar-refractivity contribution >= 4 is 11.6 Å². The second-order valence-electron chi connectivity index (χ2n) is 4.59. The zero-order valence-electron chi connectivity index (χ0n) is 9.21. The fourth-order valence-corrected chi connectivity index (χ4v) is 2.93. The normalized spacial score (nSPS) is 29.1. The minimum absolute atomic E-state index is 0.199. The lowest BCUT2D eigenvalue weighted by Crippen LogP contribution is -2.33. The summed E-state index contributed by atoms with van der Waals surface area (Å²) in [7, 11) is 0. The molecule has 0 amide bonds. The summed E-state index contributed by atoms with van der Waals surface area (Å²) in [5.74, 6) is 0. The van der Waals surface area contributed by atoms with Gasteiger partial charge in [0.15, 0.2) is 0 Å². The zero-order valence-corrected chi connectivity index (χ0v) is 9.96. The quantitative estimate of drug-likeness (QED) is 0.811. The van der Waals surface area contributed by atoms with Gasteiger partial charge in [-0.3, -0.25) is 0 Å². The number of benzene rings is 1. The molecule has 2 nitrogen and oxygen atoms in total. The fraction of sp³-hybridized carbons (Fsp3) is 0.538. The molecule has 86 valence electrons. The van der Waals surface area contributed by atoms with E-state index in [0.717, 1.165) is 24.6 Å². The van der Waals surface area contributed by atoms with Crippen LogP contribution in [0.1, 0.15) is 30.1 Å². The third-order valence-electron chi connectivity index (χ3n) is 3.55. The molecule has 0 saturated carbocycles. The van der Waals surface area contributed by atoms with Gasteiger partial charge in [-0.15, -0.1) is 0 Å². The predicted octanol–water partition coefficient (Wildman–Crippen LogP) is 2.71. The summed E-state index contributed by atoms with van der Waals surface area (Å²) in [5, 5.41) is 4.33. The molecule has 0 radical (unpaired) electrons. The number of fused-ring (bicyclic) bond motifs is 1. The summed E-state index contributed by atoms with van der Waals surface area (Å²) in [5.41, 5.74) is 2.69. The van der Waals surface area contributed by atoms with Crippen LogP contribution in [0.15, 0.2) is 18.2 Å². The van der Waals surface area contributed by atoms with Gasteiger partial charge < -0.3 is 10.1 Å². The standard InChI is InChI=1S/C13H16ClNO/c14-10-4-3-9-5-7-16-13(11(9)8-10)12-2-1-6-15-12/h3-4,8,12-13,15H,1-2,5-7H2/t12-,13+/m1/s1. The lowest BCUT2D eigenvalue weighted by atomic mass is 9.92. The predicted molar refractivity (Wildman–Crippen MR) is 64.9 cm³/mol. The average Bonchev–Trinajstić information content (AvgIpc) is 2.81. The lowest BCUT2D eigenvalue weighted by Gasteiger charge is -2.30. The van der Waals surface area contributed by atoms with Gasteiger partial charge in [-0.2, -0.15) is 0 Å². The van der Waals surface area contributed by atoms with Gasteiger partial charge >= 0.3 is 0 Å². The lowest BCUT2D eigenvalue weighted by molar-refractivity contribution is 0.0199. The van der Waals surface area contributed by atoms with Gasteiger partial charge in [0.25, 0.3) is 0 Å². The van der Waals surface area contributed by atoms with Crippen LogP contribution < -0.4 is 5.32 Å². The summed E-state index contributed by atoms with van der Waals surface area (Å²) in [6, 6.07) is 6.66. The molecule has 1 aromatic carbocycles. The molecule has 16 heavy (non-hydrogen) atoms. The largest absolute Gasteiger partial charge is 0.372 e. The Morgan fingerprint density at radius 3 is 3.12 bits per heavy atom. The van der Waals surface area contributed by atoms with Gasteiger partial charge in [0.05, 0.1) is 12.7 Å². The zero-order chi connectivity index (χ0) is 11.0. The maximum atomic E-state index is 6.07. The molecule has 3 rings (SSSR count). The van der Waals surface area contributed by atoms with Crippen molar-refractivity contribution in [3.8, 4) is 0 Å². The molecule has 0 bridgehead atoms. The van der Waals surface area contributed by atoms with E-state index in [2.05, 4.69) is 17.4 Å².